The van der Waals surface area contributed by atoms with E-state index < -0.39 is 5.97 Å². The second kappa shape index (κ2) is 32.0. The summed E-state index contributed by atoms with van der Waals surface area (Å²) in [7, 11) is 0. The summed E-state index contributed by atoms with van der Waals surface area (Å²) in [5.74, 6) is 9.02. The van der Waals surface area contributed by atoms with Gasteiger partial charge in [0.25, 0.3) is 0 Å². The first kappa shape index (κ1) is 87.6. The molecule has 0 bridgehead atoms. The van der Waals surface area contributed by atoms with Crippen LogP contribution in [0.3, 0.4) is 0 Å². The van der Waals surface area contributed by atoms with Crippen LogP contribution in [0.1, 0.15) is 319 Å². The topological polar surface area (TPSA) is 242 Å². The van der Waals surface area contributed by atoms with E-state index in [0.29, 0.717) is 108 Å². The van der Waals surface area contributed by atoms with Crippen LogP contribution in [0.15, 0.2) is 41.6 Å². The van der Waals surface area contributed by atoms with Gasteiger partial charge in [0.05, 0.1) is 5.92 Å². The number of carbonyl (C=O) groups excluding carboxylic acids is 7. The molecule has 1 aromatic heterocycles. The zero-order valence-electron chi connectivity index (χ0n) is 67.3. The van der Waals surface area contributed by atoms with Gasteiger partial charge >= 0.3 is 5.97 Å². The maximum Gasteiger partial charge on any atom is 0.307 e. The Morgan fingerprint density at radius 1 is 0.409 bits per heavy atom. The van der Waals surface area contributed by atoms with Gasteiger partial charge in [-0.3, -0.25) is 38.4 Å². The molecule has 28 atom stereocenters. The Morgan fingerprint density at radius 2 is 0.745 bits per heavy atom. The van der Waals surface area contributed by atoms with Crippen LogP contribution in [-0.2, 0) is 38.4 Å². The summed E-state index contributed by atoms with van der Waals surface area (Å²) in [6.07, 6.45) is 37.8. The molecule has 110 heavy (non-hydrogen) atoms. The van der Waals surface area contributed by atoms with Crippen molar-refractivity contribution in [1.29, 1.82) is 0 Å². The number of carboxylic acids is 1. The van der Waals surface area contributed by atoms with Crippen molar-refractivity contribution in [3.8, 4) is 0 Å². The van der Waals surface area contributed by atoms with Gasteiger partial charge in [-0.15, -0.1) is 0 Å². The zero-order valence-corrected chi connectivity index (χ0v) is 68.1. The zero-order chi connectivity index (χ0) is 75.9. The maximum absolute atomic E-state index is 13.2. The highest BCUT2D eigenvalue weighted by molar-refractivity contribution is 8.13. The van der Waals surface area contributed by atoms with Crippen molar-refractivity contribution in [2.75, 3.05) is 0 Å². The van der Waals surface area contributed by atoms with Gasteiger partial charge in [0.2, 0.25) is 35.4 Å². The fourth-order valence-electron chi connectivity index (χ4n) is 29.6. The normalized spacial score (nSPS) is 45.2. The van der Waals surface area contributed by atoms with Crippen molar-refractivity contribution >= 4 is 58.3 Å². The third kappa shape index (κ3) is 15.3. The highest BCUT2D eigenvalue weighted by Crippen LogP contribution is 2.71. The van der Waals surface area contributed by atoms with E-state index in [4.69, 9.17) is 0 Å². The van der Waals surface area contributed by atoms with Gasteiger partial charge in [0.15, 0.2) is 5.12 Å². The minimum Gasteiger partial charge on any atom is -0.481 e. The number of thioether (sulfide) groups is 1. The lowest BCUT2D eigenvalue weighted by Gasteiger charge is -2.60. The molecular weight excluding hydrogens is 1390 g/mol. The maximum atomic E-state index is 13.2. The average Bonchev–Trinajstić information content (AvgIpc) is 1.45. The molecule has 4 aliphatic heterocycles. The van der Waals surface area contributed by atoms with Gasteiger partial charge in [-0.05, 0) is 354 Å². The molecule has 16 aliphatic rings. The predicted molar refractivity (Wildman–Crippen MR) is 442 cm³/mol. The number of pyridine rings is 1. The van der Waals surface area contributed by atoms with Gasteiger partial charge < -0.3 is 37.0 Å². The number of aliphatic carboxylic acids is 1. The molecule has 15 fully saturated rings. The van der Waals surface area contributed by atoms with Crippen LogP contribution < -0.4 is 31.9 Å². The van der Waals surface area contributed by atoms with Crippen molar-refractivity contribution in [3.63, 3.8) is 0 Å². The van der Waals surface area contributed by atoms with Gasteiger partial charge in [0, 0.05) is 83.9 Å². The van der Waals surface area contributed by atoms with Crippen molar-refractivity contribution < 1.29 is 43.5 Å². The molecule has 1 aromatic rings. The average molecular weight is 1540 g/mol. The van der Waals surface area contributed by atoms with Gasteiger partial charge in [-0.2, -0.15) is 0 Å². The van der Waals surface area contributed by atoms with Crippen LogP contribution in [0.5, 0.6) is 0 Å². The molecule has 0 aromatic carbocycles. The highest BCUT2D eigenvalue weighted by atomic mass is 32.2. The van der Waals surface area contributed by atoms with Crippen LogP contribution in [0.25, 0.3) is 0 Å². The largest absolute Gasteiger partial charge is 0.481 e. The smallest absolute Gasteiger partial charge is 0.307 e. The minimum atomic E-state index is -0.585. The first-order valence-corrected chi connectivity index (χ1v) is 43.6. The van der Waals surface area contributed by atoms with E-state index in [0.717, 1.165) is 127 Å². The Hall–Kier alpha value is -4.80. The van der Waals surface area contributed by atoms with E-state index in [9.17, 15) is 43.5 Å². The lowest BCUT2D eigenvalue weighted by Crippen LogP contribution is -2.61. The number of hydrogen-bond acceptors (Lipinski definition) is 10. The number of nitrogens with one attached hydrogen (secondary N) is 6. The standard InChI is InChI=1S/C24H32N2O2S.C23H38N2O2.C23H36N2O2.C19H29NO3.4CH4/c1-23-12-10-17-15(6-9-19-24(17,2)13-11-20(27)26-19)16(23)7-8-18(23)22(28)29-21-5-3-4-14-25-21;2*1-21(2,3)25-20(27)17-8-7-15-14-6-9-18-23(5,13-11-19(26)24-18)16(14)10-12-22(15,17)4;1-18-9-7-13-11(12(18)4-5-14(18)17(22)23)3-6-15-19(13,2)10-8-16(21)20-15;;;;/h3-5,14-19H,6-13H2,1-2H3,(H,26,27);14-18H,6-13H2,1-5H3,(H,24,26)(H,25,27);11,13-18H,6-10,12H2,1-5H3,(H,24,26)(H,25,27);11-15H,3-10H2,1-2H3,(H,20,21)(H,22,23);4*1H4/t15-,16-,17-,18+,19+,23-,24+;2*14-,15-,16-,17+,18+,22-,23+;11-,12-,13?,14+,15+,18-,19+;;;;/m0000..../s1. The molecule has 7 N–H and O–H groups in total. The quantitative estimate of drug-likeness (QED) is 0.137. The number of aromatic nitrogens is 1. The van der Waals surface area contributed by atoms with Crippen LogP contribution in [0.4, 0.5) is 0 Å². The molecule has 17 heteroatoms. The number of piperidine rings is 3. The lowest BCUT2D eigenvalue weighted by molar-refractivity contribution is -0.152. The van der Waals surface area contributed by atoms with E-state index in [1.165, 1.54) is 69.5 Å². The second-order valence-electron chi connectivity index (χ2n) is 42.1. The van der Waals surface area contributed by atoms with Crippen molar-refractivity contribution in [3.05, 3.63) is 36.5 Å². The molecule has 0 spiro atoms. The fraction of sp³-hybridized carbons (Fsp3) is 0.839. The number of fused-ring (bicyclic) bond motifs is 20. The Balaban J connectivity index is 0.000000155. The first-order valence-electron chi connectivity index (χ1n) is 42.7. The molecular formula is C93H151N7O9S. The number of amides is 6. The highest BCUT2D eigenvalue weighted by Gasteiger charge is 2.67. The summed E-state index contributed by atoms with van der Waals surface area (Å²) in [5.41, 5.74) is 0.860. The molecule has 16 nitrogen and oxygen atoms in total. The Kier molecular flexibility index (Phi) is 25.5. The number of nitrogens with zero attached hydrogens (tertiary/aromatic N) is 1. The monoisotopic (exact) mass is 1540 g/mol. The molecule has 1 unspecified atom stereocenters. The SMILES string of the molecule is C.C.C.C.CC(C)(C)NC(=O)[C@H]1CC[C@H]2[C@@H]3CC[C@H]4NC(=O)C=C[C@]4(C)[C@H]3CC[C@]12C.CC(C)(C)NC(=O)[C@H]1CC[C@H]2[C@@H]3CC[C@H]4NC(=O)CC[C@]4(C)[C@H]3CC[C@]12C.C[C@]12CCC(=O)N[C@@H]1CC[C@@H]1[C@@H]2CC[C@]2(C)[C@@H](C(=O)Sc3ccccn3)CC[C@@H]12.C[C@]12CCC3[C@@H](CC[C@H]4NC(=O)CC[C@]34C)[C@@H]1CC[C@@H]2C(=O)O. The van der Waals surface area contributed by atoms with Crippen molar-refractivity contribution in [2.45, 2.75) is 360 Å². The molecule has 5 heterocycles. The van der Waals surface area contributed by atoms with Crippen LogP contribution >= 0.6 is 11.8 Å². The minimum absolute atomic E-state index is 0. The summed E-state index contributed by atoms with van der Waals surface area (Å²) in [6.45, 7) is 31.5. The molecule has 12 aliphatic carbocycles. The van der Waals surface area contributed by atoms with Crippen LogP contribution in [0.2, 0.25) is 0 Å². The molecule has 618 valence electrons. The molecule has 3 saturated heterocycles. The molecule has 0 radical (unpaired) electrons. The summed E-state index contributed by atoms with van der Waals surface area (Å²) >= 11 is 1.34. The third-order valence-electron chi connectivity index (χ3n) is 35.0. The molecule has 6 amide bonds. The number of hydrogen-bond donors (Lipinski definition) is 7. The van der Waals surface area contributed by atoms with E-state index >= 15 is 0 Å². The van der Waals surface area contributed by atoms with Crippen LogP contribution in [-0.4, -0.2) is 91.9 Å². The van der Waals surface area contributed by atoms with Gasteiger partial charge in [0.1, 0.15) is 5.03 Å². The third-order valence-corrected chi connectivity index (χ3v) is 36.0. The number of carboxylic acid groups (broad SMARTS) is 1. The van der Waals surface area contributed by atoms with Gasteiger partial charge in [-0.25, -0.2) is 4.98 Å². The molecule has 17 rings (SSSR count). The summed E-state index contributed by atoms with van der Waals surface area (Å²) in [5, 5.41) is 30.4. The van der Waals surface area contributed by atoms with Gasteiger partial charge in [-0.1, -0.05) is 97.2 Å². The lowest BCUT2D eigenvalue weighted by atomic mass is 9.47. The summed E-state index contributed by atoms with van der Waals surface area (Å²) in [4.78, 5) is 103. The fourth-order valence-corrected chi connectivity index (χ4v) is 30.6. The molecule has 12 saturated carbocycles. The van der Waals surface area contributed by atoms with Crippen molar-refractivity contribution in [1.82, 2.24) is 36.9 Å². The Morgan fingerprint density at radius 3 is 1.12 bits per heavy atom. The predicted octanol–water partition coefficient (Wildman–Crippen LogP) is 18.4. The van der Waals surface area contributed by atoms with Crippen molar-refractivity contribution in [2.24, 2.45) is 138 Å². The summed E-state index contributed by atoms with van der Waals surface area (Å²) < 4.78 is 0. The Bertz CT molecular complexity index is 3590. The Labute approximate surface area is 669 Å². The first-order chi connectivity index (χ1) is 49.9. The number of carbonyl (C=O) groups is 8. The summed E-state index contributed by atoms with van der Waals surface area (Å²) in [6, 6.07) is 7.13. The second-order valence-corrected chi connectivity index (χ2v) is 43.1. The van der Waals surface area contributed by atoms with Crippen LogP contribution in [0, 0.1) is 138 Å². The van der Waals surface area contributed by atoms with E-state index in [1.54, 1.807) is 12.3 Å². The van der Waals surface area contributed by atoms with E-state index in [-0.39, 0.29) is 149 Å². The van der Waals surface area contributed by atoms with E-state index in [2.05, 4.69) is 140 Å². The van der Waals surface area contributed by atoms with E-state index in [1.807, 2.05) is 18.2 Å². The number of rotatable bonds is 5.